The van der Waals surface area contributed by atoms with Crippen LogP contribution < -0.4 is 24.4 Å². The number of methoxy groups -OCH3 is 3. The summed E-state index contributed by atoms with van der Waals surface area (Å²) in [6, 6.07) is 12.8. The minimum Gasteiger partial charge on any atom is -0.496 e. The van der Waals surface area contributed by atoms with Crippen LogP contribution in [-0.4, -0.2) is 21.3 Å². The molecule has 35 heavy (non-hydrogen) atoms. The number of hydrogen-bond acceptors (Lipinski definition) is 6. The van der Waals surface area contributed by atoms with Crippen molar-refractivity contribution >= 4 is 11.0 Å². The van der Waals surface area contributed by atoms with Gasteiger partial charge in [0.2, 0.25) is 5.43 Å². The van der Waals surface area contributed by atoms with Crippen LogP contribution in [0.15, 0.2) is 70.1 Å². The topological polar surface area (TPSA) is 67.1 Å². The van der Waals surface area contributed by atoms with Gasteiger partial charge in [0, 0.05) is 12.1 Å². The third kappa shape index (κ3) is 4.89. The summed E-state index contributed by atoms with van der Waals surface area (Å²) >= 11 is 0. The summed E-state index contributed by atoms with van der Waals surface area (Å²) in [4.78, 5) is 13.3. The first-order chi connectivity index (χ1) is 16.7. The lowest BCUT2D eigenvalue weighted by atomic mass is 10.0. The maximum absolute atomic E-state index is 13.3. The minimum atomic E-state index is -4.41. The largest absolute Gasteiger partial charge is 0.496 e. The third-order valence-electron chi connectivity index (χ3n) is 5.42. The van der Waals surface area contributed by atoms with Crippen molar-refractivity contribution in [2.24, 2.45) is 0 Å². The first kappa shape index (κ1) is 24.0. The molecule has 0 amide bonds. The van der Waals surface area contributed by atoms with Crippen molar-refractivity contribution < 1.29 is 36.5 Å². The summed E-state index contributed by atoms with van der Waals surface area (Å²) in [7, 11) is 4.40. The maximum atomic E-state index is 13.3. The van der Waals surface area contributed by atoms with Gasteiger partial charge in [-0.1, -0.05) is 18.2 Å². The second kappa shape index (κ2) is 9.61. The van der Waals surface area contributed by atoms with Gasteiger partial charge in [-0.2, -0.15) is 13.2 Å². The van der Waals surface area contributed by atoms with Gasteiger partial charge in [-0.15, -0.1) is 0 Å². The first-order valence-electron chi connectivity index (χ1n) is 10.4. The molecule has 0 saturated heterocycles. The van der Waals surface area contributed by atoms with Gasteiger partial charge in [0.15, 0.2) is 11.5 Å². The van der Waals surface area contributed by atoms with Gasteiger partial charge in [-0.05, 0) is 35.4 Å². The molecule has 4 aromatic rings. The van der Waals surface area contributed by atoms with Crippen LogP contribution in [0.25, 0.3) is 22.1 Å². The standard InChI is InChI=1S/C26H21F3O6/c1-31-18-11-22(33-3)24-23(12-18)35-14-19(25(24)30)16-6-9-20(32-2)21(10-16)34-13-15-4-7-17(8-5-15)26(27,28)29/h4-12,14H,13H2,1-3H3. The Labute approximate surface area is 198 Å². The second-order valence-corrected chi connectivity index (χ2v) is 7.53. The highest BCUT2D eigenvalue weighted by molar-refractivity contribution is 5.88. The van der Waals surface area contributed by atoms with Crippen LogP contribution in [0.2, 0.25) is 0 Å². The van der Waals surface area contributed by atoms with Crippen molar-refractivity contribution in [1.29, 1.82) is 0 Å². The Morgan fingerprint density at radius 2 is 1.54 bits per heavy atom. The Bertz CT molecular complexity index is 1410. The van der Waals surface area contributed by atoms with Crippen molar-refractivity contribution in [3.8, 4) is 34.1 Å². The highest BCUT2D eigenvalue weighted by Gasteiger charge is 2.30. The quantitative estimate of drug-likeness (QED) is 0.315. The molecule has 3 aromatic carbocycles. The SMILES string of the molecule is COc1cc(OC)c2c(=O)c(-c3ccc(OC)c(OCc4ccc(C(F)(F)F)cc4)c3)coc2c1. The fourth-order valence-corrected chi connectivity index (χ4v) is 3.58. The number of benzene rings is 3. The first-order valence-corrected chi connectivity index (χ1v) is 10.4. The highest BCUT2D eigenvalue weighted by atomic mass is 19.4. The van der Waals surface area contributed by atoms with Crippen LogP contribution >= 0.6 is 0 Å². The molecule has 0 unspecified atom stereocenters. The van der Waals surface area contributed by atoms with E-state index in [1.54, 1.807) is 30.3 Å². The number of halogens is 3. The van der Waals surface area contributed by atoms with Gasteiger partial charge in [0.05, 0.1) is 32.5 Å². The van der Waals surface area contributed by atoms with Crippen molar-refractivity contribution in [2.75, 3.05) is 21.3 Å². The van der Waals surface area contributed by atoms with Crippen molar-refractivity contribution in [2.45, 2.75) is 12.8 Å². The fourth-order valence-electron chi connectivity index (χ4n) is 3.58. The van der Waals surface area contributed by atoms with Gasteiger partial charge >= 0.3 is 6.18 Å². The van der Waals surface area contributed by atoms with E-state index in [4.69, 9.17) is 23.4 Å². The summed E-state index contributed by atoms with van der Waals surface area (Å²) in [5.41, 5.74) is 0.558. The van der Waals surface area contributed by atoms with Gasteiger partial charge in [-0.3, -0.25) is 4.79 Å². The molecule has 0 N–H and O–H groups in total. The number of fused-ring (bicyclic) bond motifs is 1. The Kier molecular flexibility index (Phi) is 6.59. The van der Waals surface area contributed by atoms with E-state index in [-0.39, 0.29) is 23.0 Å². The zero-order chi connectivity index (χ0) is 25.2. The number of rotatable bonds is 7. The average molecular weight is 486 g/mol. The van der Waals surface area contributed by atoms with Crippen LogP contribution in [0.4, 0.5) is 13.2 Å². The Balaban J connectivity index is 1.68. The molecule has 0 spiro atoms. The Morgan fingerprint density at radius 3 is 2.17 bits per heavy atom. The van der Waals surface area contributed by atoms with E-state index < -0.39 is 11.7 Å². The molecule has 0 bridgehead atoms. The molecule has 0 saturated carbocycles. The highest BCUT2D eigenvalue weighted by Crippen LogP contribution is 2.35. The predicted molar refractivity (Wildman–Crippen MR) is 123 cm³/mol. The molecule has 0 fully saturated rings. The fraction of sp³-hybridized carbons (Fsp3) is 0.192. The number of hydrogen-bond donors (Lipinski definition) is 0. The van der Waals surface area contributed by atoms with E-state index in [2.05, 4.69) is 0 Å². The van der Waals surface area contributed by atoms with Gasteiger partial charge in [0.25, 0.3) is 0 Å². The molecule has 0 aliphatic rings. The third-order valence-corrected chi connectivity index (χ3v) is 5.42. The van der Waals surface area contributed by atoms with Crippen molar-refractivity contribution in [1.82, 2.24) is 0 Å². The Hall–Kier alpha value is -4.14. The van der Waals surface area contributed by atoms with E-state index in [0.29, 0.717) is 39.7 Å². The van der Waals surface area contributed by atoms with E-state index in [1.165, 1.54) is 39.7 Å². The summed E-state index contributed by atoms with van der Waals surface area (Å²) in [6.07, 6.45) is -3.07. The molecule has 0 radical (unpaired) electrons. The Morgan fingerprint density at radius 1 is 0.829 bits per heavy atom. The number of alkyl halides is 3. The smallest absolute Gasteiger partial charge is 0.416 e. The molecule has 0 aliphatic heterocycles. The summed E-state index contributed by atoms with van der Waals surface area (Å²) in [6.45, 7) is -0.00209. The molecule has 9 heteroatoms. The minimum absolute atomic E-state index is 0.00209. The molecule has 6 nitrogen and oxygen atoms in total. The normalized spacial score (nSPS) is 11.4. The molecule has 4 rings (SSSR count). The summed E-state index contributed by atoms with van der Waals surface area (Å²) in [5, 5.41) is 0.258. The van der Waals surface area contributed by atoms with Crippen LogP contribution in [0, 0.1) is 0 Å². The van der Waals surface area contributed by atoms with Crippen molar-refractivity contribution in [3.05, 3.63) is 82.2 Å². The van der Waals surface area contributed by atoms with Crippen LogP contribution in [0.5, 0.6) is 23.0 Å². The number of ether oxygens (including phenoxy) is 4. The molecule has 182 valence electrons. The van der Waals surface area contributed by atoms with E-state index in [9.17, 15) is 18.0 Å². The van der Waals surface area contributed by atoms with E-state index >= 15 is 0 Å². The van der Waals surface area contributed by atoms with Gasteiger partial charge < -0.3 is 23.4 Å². The van der Waals surface area contributed by atoms with Crippen molar-refractivity contribution in [3.63, 3.8) is 0 Å². The lowest BCUT2D eigenvalue weighted by Gasteiger charge is -2.14. The maximum Gasteiger partial charge on any atom is 0.416 e. The molecular formula is C26H21F3O6. The van der Waals surface area contributed by atoms with Crippen LogP contribution in [0.1, 0.15) is 11.1 Å². The van der Waals surface area contributed by atoms with Crippen LogP contribution in [-0.2, 0) is 12.8 Å². The molecule has 1 aromatic heterocycles. The molecular weight excluding hydrogens is 465 g/mol. The lowest BCUT2D eigenvalue weighted by molar-refractivity contribution is -0.137. The lowest BCUT2D eigenvalue weighted by Crippen LogP contribution is -2.07. The molecule has 0 atom stereocenters. The van der Waals surface area contributed by atoms with E-state index in [1.807, 2.05) is 0 Å². The molecule has 1 heterocycles. The van der Waals surface area contributed by atoms with Gasteiger partial charge in [-0.25, -0.2) is 0 Å². The van der Waals surface area contributed by atoms with E-state index in [0.717, 1.165) is 12.1 Å². The average Bonchev–Trinajstić information content (AvgIpc) is 2.86. The summed E-state index contributed by atoms with van der Waals surface area (Å²) < 4.78 is 65.8. The zero-order valence-corrected chi connectivity index (χ0v) is 19.1. The zero-order valence-electron chi connectivity index (χ0n) is 19.1. The molecule has 0 aliphatic carbocycles. The predicted octanol–water partition coefficient (Wildman–Crippen LogP) is 6.08. The monoisotopic (exact) mass is 486 g/mol. The van der Waals surface area contributed by atoms with Gasteiger partial charge in [0.1, 0.15) is 35.3 Å². The second-order valence-electron chi connectivity index (χ2n) is 7.53. The van der Waals surface area contributed by atoms with Crippen LogP contribution in [0.3, 0.4) is 0 Å². The summed E-state index contributed by atoms with van der Waals surface area (Å²) in [5.74, 6) is 1.50.